The number of hydrogen-bond donors (Lipinski definition) is 0. The van der Waals surface area contributed by atoms with Crippen molar-refractivity contribution in [2.75, 3.05) is 31.1 Å². The summed E-state index contributed by atoms with van der Waals surface area (Å²) in [5.41, 5.74) is 1.86. The van der Waals surface area contributed by atoms with Crippen LogP contribution in [-0.2, 0) is 11.3 Å². The van der Waals surface area contributed by atoms with Crippen LogP contribution in [-0.4, -0.2) is 46.8 Å². The summed E-state index contributed by atoms with van der Waals surface area (Å²) in [4.78, 5) is 28.6. The molecule has 138 valence electrons. The number of carbonyl (C=O) groups is 1. The van der Waals surface area contributed by atoms with Crippen molar-refractivity contribution in [2.24, 2.45) is 0 Å². The molecule has 0 atom stereocenters. The lowest BCUT2D eigenvalue weighted by atomic mass is 10.2. The zero-order chi connectivity index (χ0) is 18.6. The van der Waals surface area contributed by atoms with Gasteiger partial charge in [-0.05, 0) is 24.3 Å². The fourth-order valence-electron chi connectivity index (χ4n) is 3.18. The molecule has 0 spiro atoms. The third-order valence-electron chi connectivity index (χ3n) is 4.67. The number of hydrogen-bond acceptors (Lipinski definition) is 5. The molecule has 1 aliphatic heterocycles. The molecule has 1 amide bonds. The minimum Gasteiger partial charge on any atom is -0.388 e. The van der Waals surface area contributed by atoms with Crippen LogP contribution in [0.1, 0.15) is 0 Å². The Morgan fingerprint density at radius 3 is 2.22 bits per heavy atom. The molecule has 0 aliphatic carbocycles. The fourth-order valence-corrected chi connectivity index (χ4v) is 3.18. The van der Waals surface area contributed by atoms with Gasteiger partial charge in [0.1, 0.15) is 6.54 Å². The maximum atomic E-state index is 12.6. The van der Waals surface area contributed by atoms with Gasteiger partial charge in [-0.25, -0.2) is 4.79 Å². The number of nitrogens with zero attached hydrogens (tertiary/aromatic N) is 4. The Balaban J connectivity index is 1.39. The summed E-state index contributed by atoms with van der Waals surface area (Å²) in [6.07, 6.45) is 0. The van der Waals surface area contributed by atoms with E-state index in [9.17, 15) is 9.59 Å². The maximum Gasteiger partial charge on any atom is 0.437 e. The molecule has 1 saturated heterocycles. The Labute approximate surface area is 156 Å². The highest BCUT2D eigenvalue weighted by Gasteiger charge is 2.23. The first-order valence-corrected chi connectivity index (χ1v) is 8.92. The topological polar surface area (TPSA) is 71.6 Å². The summed E-state index contributed by atoms with van der Waals surface area (Å²) in [6, 6.07) is 19.3. The number of carbonyl (C=O) groups excluding carboxylic acids is 1. The van der Waals surface area contributed by atoms with Gasteiger partial charge in [0, 0.05) is 37.4 Å². The number of para-hydroxylation sites is 1. The quantitative estimate of drug-likeness (QED) is 0.707. The SMILES string of the molecule is O=C(Cn1nc(-c2ccccc2)oc1=O)N1CCN(c2ccccc2)CC1. The molecule has 2 heterocycles. The molecule has 1 fully saturated rings. The highest BCUT2D eigenvalue weighted by Crippen LogP contribution is 2.16. The Bertz CT molecular complexity index is 958. The molecule has 27 heavy (non-hydrogen) atoms. The third kappa shape index (κ3) is 3.76. The molecule has 2 aromatic carbocycles. The monoisotopic (exact) mass is 364 g/mol. The van der Waals surface area contributed by atoms with Crippen LogP contribution in [0.2, 0.25) is 0 Å². The van der Waals surface area contributed by atoms with Crippen LogP contribution in [0.25, 0.3) is 11.5 Å². The zero-order valence-corrected chi connectivity index (χ0v) is 14.8. The Morgan fingerprint density at radius 1 is 0.926 bits per heavy atom. The van der Waals surface area contributed by atoms with E-state index >= 15 is 0 Å². The smallest absolute Gasteiger partial charge is 0.388 e. The van der Waals surface area contributed by atoms with Gasteiger partial charge in [-0.1, -0.05) is 36.4 Å². The highest BCUT2D eigenvalue weighted by molar-refractivity contribution is 5.76. The van der Waals surface area contributed by atoms with E-state index in [1.165, 1.54) is 0 Å². The molecule has 7 nitrogen and oxygen atoms in total. The van der Waals surface area contributed by atoms with E-state index in [1.54, 1.807) is 17.0 Å². The number of rotatable bonds is 4. The molecule has 0 bridgehead atoms. The van der Waals surface area contributed by atoms with Gasteiger partial charge in [0.25, 0.3) is 0 Å². The number of aromatic nitrogens is 2. The first-order valence-electron chi connectivity index (χ1n) is 8.92. The molecule has 0 saturated carbocycles. The van der Waals surface area contributed by atoms with Crippen LogP contribution < -0.4 is 10.7 Å². The van der Waals surface area contributed by atoms with Gasteiger partial charge in [0.15, 0.2) is 0 Å². The van der Waals surface area contributed by atoms with Crippen molar-refractivity contribution < 1.29 is 9.21 Å². The zero-order valence-electron chi connectivity index (χ0n) is 14.8. The van der Waals surface area contributed by atoms with E-state index in [0.29, 0.717) is 18.7 Å². The molecule has 3 aromatic rings. The van der Waals surface area contributed by atoms with E-state index in [4.69, 9.17) is 4.42 Å². The summed E-state index contributed by atoms with van der Waals surface area (Å²) in [5.74, 6) is -0.523. The van der Waals surface area contributed by atoms with Crippen molar-refractivity contribution in [3.8, 4) is 11.5 Å². The van der Waals surface area contributed by atoms with Crippen molar-refractivity contribution >= 4 is 11.6 Å². The van der Waals surface area contributed by atoms with Crippen molar-refractivity contribution in [3.05, 3.63) is 71.2 Å². The van der Waals surface area contributed by atoms with E-state index in [0.717, 1.165) is 23.5 Å². The molecule has 0 N–H and O–H groups in total. The number of amides is 1. The average molecular weight is 364 g/mol. The van der Waals surface area contributed by atoms with Crippen LogP contribution in [0, 0.1) is 0 Å². The predicted molar refractivity (Wildman–Crippen MR) is 101 cm³/mol. The summed E-state index contributed by atoms with van der Waals surface area (Å²) in [7, 11) is 0. The largest absolute Gasteiger partial charge is 0.437 e. The van der Waals surface area contributed by atoms with Gasteiger partial charge in [-0.15, -0.1) is 5.10 Å². The Morgan fingerprint density at radius 2 is 1.56 bits per heavy atom. The molecule has 4 rings (SSSR count). The van der Waals surface area contributed by atoms with Crippen molar-refractivity contribution in [2.45, 2.75) is 6.54 Å². The minimum absolute atomic E-state index is 0.111. The second-order valence-corrected chi connectivity index (χ2v) is 6.40. The van der Waals surface area contributed by atoms with Crippen molar-refractivity contribution in [3.63, 3.8) is 0 Å². The summed E-state index contributed by atoms with van der Waals surface area (Å²) < 4.78 is 6.27. The van der Waals surface area contributed by atoms with Gasteiger partial charge in [0.05, 0.1) is 0 Å². The van der Waals surface area contributed by atoms with Gasteiger partial charge in [-0.2, -0.15) is 4.68 Å². The first kappa shape index (κ1) is 17.1. The number of piperazine rings is 1. The lowest BCUT2D eigenvalue weighted by molar-refractivity contribution is -0.132. The van der Waals surface area contributed by atoms with Gasteiger partial charge in [-0.3, -0.25) is 4.79 Å². The minimum atomic E-state index is -0.620. The predicted octanol–water partition coefficient (Wildman–Crippen LogP) is 1.85. The van der Waals surface area contributed by atoms with Crippen LogP contribution in [0.5, 0.6) is 0 Å². The van der Waals surface area contributed by atoms with Crippen LogP contribution >= 0.6 is 0 Å². The average Bonchev–Trinajstić information content (AvgIpc) is 3.10. The molecule has 0 radical (unpaired) electrons. The van der Waals surface area contributed by atoms with Gasteiger partial charge < -0.3 is 14.2 Å². The van der Waals surface area contributed by atoms with Gasteiger partial charge in [0.2, 0.25) is 11.8 Å². The number of anilines is 1. The molecule has 1 aromatic heterocycles. The number of benzene rings is 2. The Hall–Kier alpha value is -3.35. The lowest BCUT2D eigenvalue weighted by Gasteiger charge is -2.36. The van der Waals surface area contributed by atoms with Gasteiger partial charge >= 0.3 is 5.76 Å². The second kappa shape index (κ2) is 7.49. The fraction of sp³-hybridized carbons (Fsp3) is 0.250. The Kier molecular flexibility index (Phi) is 4.74. The first-order chi connectivity index (χ1) is 13.2. The normalized spacial score (nSPS) is 14.4. The van der Waals surface area contributed by atoms with E-state index in [2.05, 4.69) is 22.1 Å². The van der Waals surface area contributed by atoms with E-state index in [-0.39, 0.29) is 18.3 Å². The molecular weight excluding hydrogens is 344 g/mol. The third-order valence-corrected chi connectivity index (χ3v) is 4.67. The van der Waals surface area contributed by atoms with Crippen LogP contribution in [0.15, 0.2) is 69.9 Å². The summed E-state index contributed by atoms with van der Waals surface area (Å²) >= 11 is 0. The van der Waals surface area contributed by atoms with Crippen molar-refractivity contribution in [1.82, 2.24) is 14.7 Å². The van der Waals surface area contributed by atoms with Crippen molar-refractivity contribution in [1.29, 1.82) is 0 Å². The second-order valence-electron chi connectivity index (χ2n) is 6.40. The van der Waals surface area contributed by atoms with Crippen LogP contribution in [0.3, 0.4) is 0 Å². The van der Waals surface area contributed by atoms with Crippen LogP contribution in [0.4, 0.5) is 5.69 Å². The standard InChI is InChI=1S/C20H20N4O3/c25-18(23-13-11-22(12-14-23)17-9-5-2-6-10-17)15-24-20(26)27-19(21-24)16-7-3-1-4-8-16/h1-10H,11-15H2. The van der Waals surface area contributed by atoms with E-state index < -0.39 is 5.76 Å². The molecule has 7 heteroatoms. The molecule has 1 aliphatic rings. The highest BCUT2D eigenvalue weighted by atomic mass is 16.4. The summed E-state index contributed by atoms with van der Waals surface area (Å²) in [5, 5.41) is 4.16. The molecular formula is C20H20N4O3. The summed E-state index contributed by atoms with van der Waals surface area (Å²) in [6.45, 7) is 2.65. The molecule has 0 unspecified atom stereocenters. The lowest BCUT2D eigenvalue weighted by Crippen LogP contribution is -2.50. The van der Waals surface area contributed by atoms with E-state index in [1.807, 2.05) is 36.4 Å². The maximum absolute atomic E-state index is 12.6.